The van der Waals surface area contributed by atoms with E-state index in [-0.39, 0.29) is 11.9 Å². The van der Waals surface area contributed by atoms with E-state index in [9.17, 15) is 4.79 Å². The lowest BCUT2D eigenvalue weighted by atomic mass is 10.2. The Hall–Kier alpha value is -0.830. The summed E-state index contributed by atoms with van der Waals surface area (Å²) in [6.07, 6.45) is 4.03. The van der Waals surface area contributed by atoms with Crippen molar-refractivity contribution in [3.05, 3.63) is 11.6 Å². The van der Waals surface area contributed by atoms with Gasteiger partial charge < -0.3 is 11.1 Å². The minimum Gasteiger partial charge on any atom is -0.348 e. The number of hydrogen-bond acceptors (Lipinski definition) is 2. The summed E-state index contributed by atoms with van der Waals surface area (Å²) < 4.78 is 0. The molecule has 0 aromatic carbocycles. The zero-order chi connectivity index (χ0) is 9.84. The third-order valence-corrected chi connectivity index (χ3v) is 2.19. The van der Waals surface area contributed by atoms with Crippen molar-refractivity contribution < 1.29 is 4.79 Å². The maximum atomic E-state index is 11.3. The molecule has 1 atom stereocenters. The molecule has 1 aliphatic rings. The molecule has 74 valence electrons. The maximum absolute atomic E-state index is 11.3. The van der Waals surface area contributed by atoms with E-state index in [0.29, 0.717) is 12.5 Å². The van der Waals surface area contributed by atoms with Gasteiger partial charge in [0.1, 0.15) is 0 Å². The number of hydrogen-bond donors (Lipinski definition) is 2. The van der Waals surface area contributed by atoms with Crippen LogP contribution in [0.5, 0.6) is 0 Å². The van der Waals surface area contributed by atoms with E-state index < -0.39 is 0 Å². The van der Waals surface area contributed by atoms with Crippen LogP contribution in [0.3, 0.4) is 0 Å². The third-order valence-electron chi connectivity index (χ3n) is 2.19. The molecule has 3 N–H and O–H groups in total. The second kappa shape index (κ2) is 4.42. The van der Waals surface area contributed by atoms with Crippen LogP contribution in [0.4, 0.5) is 0 Å². The van der Waals surface area contributed by atoms with Gasteiger partial charge >= 0.3 is 0 Å². The van der Waals surface area contributed by atoms with Crippen LogP contribution >= 0.6 is 0 Å². The summed E-state index contributed by atoms with van der Waals surface area (Å²) in [6.45, 7) is 4.37. The quantitative estimate of drug-likeness (QED) is 0.632. The van der Waals surface area contributed by atoms with Crippen molar-refractivity contribution >= 4 is 5.91 Å². The number of carbonyl (C=O) groups excluding carboxylic acids is 1. The van der Waals surface area contributed by atoms with Crippen LogP contribution in [0.2, 0.25) is 0 Å². The fourth-order valence-corrected chi connectivity index (χ4v) is 1.35. The Balaban J connectivity index is 2.36. The molecule has 1 aliphatic carbocycles. The Labute approximate surface area is 79.4 Å². The van der Waals surface area contributed by atoms with E-state index in [0.717, 1.165) is 5.57 Å². The Kier molecular flexibility index (Phi) is 3.48. The highest BCUT2D eigenvalue weighted by atomic mass is 16.1. The summed E-state index contributed by atoms with van der Waals surface area (Å²) in [4.78, 5) is 11.3. The van der Waals surface area contributed by atoms with Crippen molar-refractivity contribution in [1.82, 2.24) is 5.32 Å². The van der Waals surface area contributed by atoms with Crippen LogP contribution in [0, 0.1) is 5.92 Å². The first-order chi connectivity index (χ1) is 6.13. The number of allylic oxidation sites excluding steroid dienone is 1. The molecule has 3 heteroatoms. The van der Waals surface area contributed by atoms with E-state index >= 15 is 0 Å². The van der Waals surface area contributed by atoms with Gasteiger partial charge in [-0.1, -0.05) is 5.57 Å². The summed E-state index contributed by atoms with van der Waals surface area (Å²) >= 11 is 0. The number of carbonyl (C=O) groups is 1. The Bertz CT molecular complexity index is 215. The van der Waals surface area contributed by atoms with Gasteiger partial charge in [-0.2, -0.15) is 0 Å². The Morgan fingerprint density at radius 3 is 2.62 bits per heavy atom. The molecule has 1 unspecified atom stereocenters. The van der Waals surface area contributed by atoms with Gasteiger partial charge in [-0.05, 0) is 32.6 Å². The molecule has 0 aliphatic heterocycles. The monoisotopic (exact) mass is 182 g/mol. The standard InChI is InChI=1S/C10H18N2O/c1-7(2)5-10(13)12-9(6-11)8-3-4-8/h5,8-9H,3-4,6,11H2,1-2H3,(H,12,13). The van der Waals surface area contributed by atoms with Gasteiger partial charge in [-0.25, -0.2) is 0 Å². The van der Waals surface area contributed by atoms with E-state index in [1.54, 1.807) is 6.08 Å². The van der Waals surface area contributed by atoms with E-state index in [1.807, 2.05) is 13.8 Å². The molecule has 0 saturated heterocycles. The van der Waals surface area contributed by atoms with Crippen LogP contribution < -0.4 is 11.1 Å². The third kappa shape index (κ3) is 3.59. The van der Waals surface area contributed by atoms with Crippen LogP contribution in [-0.4, -0.2) is 18.5 Å². The molecule has 1 saturated carbocycles. The first kappa shape index (κ1) is 10.3. The molecule has 1 rings (SSSR count). The van der Waals surface area contributed by atoms with Crippen LogP contribution in [0.25, 0.3) is 0 Å². The van der Waals surface area contributed by atoms with Gasteiger partial charge in [0, 0.05) is 18.7 Å². The molecule has 0 heterocycles. The summed E-state index contributed by atoms with van der Waals surface area (Å²) in [6, 6.07) is 0.183. The van der Waals surface area contributed by atoms with Crippen molar-refractivity contribution in [1.29, 1.82) is 0 Å². The largest absolute Gasteiger partial charge is 0.348 e. The minimum absolute atomic E-state index is 0.0117. The molecular formula is C10H18N2O. The topological polar surface area (TPSA) is 55.1 Å². The first-order valence-electron chi connectivity index (χ1n) is 4.79. The lowest BCUT2D eigenvalue weighted by Gasteiger charge is -2.14. The predicted octanol–water partition coefficient (Wildman–Crippen LogP) is 0.806. The molecule has 0 bridgehead atoms. The Morgan fingerprint density at radius 2 is 2.23 bits per heavy atom. The van der Waals surface area contributed by atoms with Crippen molar-refractivity contribution in [2.45, 2.75) is 32.7 Å². The molecule has 0 aromatic rings. The van der Waals surface area contributed by atoms with Crippen molar-refractivity contribution in [3.63, 3.8) is 0 Å². The zero-order valence-corrected chi connectivity index (χ0v) is 8.34. The molecule has 0 aromatic heterocycles. The SMILES string of the molecule is CC(C)=CC(=O)NC(CN)C1CC1. The van der Waals surface area contributed by atoms with Crippen molar-refractivity contribution in [2.75, 3.05) is 6.54 Å². The highest BCUT2D eigenvalue weighted by Gasteiger charge is 2.30. The van der Waals surface area contributed by atoms with Crippen LogP contribution in [0.15, 0.2) is 11.6 Å². The maximum Gasteiger partial charge on any atom is 0.244 e. The first-order valence-corrected chi connectivity index (χ1v) is 4.79. The fraction of sp³-hybridized carbons (Fsp3) is 0.700. The average Bonchev–Trinajstić information content (AvgIpc) is 2.81. The van der Waals surface area contributed by atoms with Crippen molar-refractivity contribution in [3.8, 4) is 0 Å². The molecule has 0 spiro atoms. The van der Waals surface area contributed by atoms with Gasteiger partial charge in [0.15, 0.2) is 0 Å². The average molecular weight is 182 g/mol. The normalized spacial score (nSPS) is 17.8. The van der Waals surface area contributed by atoms with Crippen LogP contribution in [-0.2, 0) is 4.79 Å². The minimum atomic E-state index is -0.0117. The second-order valence-electron chi connectivity index (χ2n) is 3.91. The lowest BCUT2D eigenvalue weighted by Crippen LogP contribution is -2.41. The molecule has 0 radical (unpaired) electrons. The van der Waals surface area contributed by atoms with E-state index in [1.165, 1.54) is 12.8 Å². The summed E-state index contributed by atoms with van der Waals surface area (Å²) in [5.41, 5.74) is 6.58. The number of amides is 1. The number of nitrogens with two attached hydrogens (primary N) is 1. The van der Waals surface area contributed by atoms with Gasteiger partial charge in [0.2, 0.25) is 5.91 Å². The van der Waals surface area contributed by atoms with Crippen LogP contribution in [0.1, 0.15) is 26.7 Å². The molecule has 13 heavy (non-hydrogen) atoms. The highest BCUT2D eigenvalue weighted by molar-refractivity contribution is 5.88. The second-order valence-corrected chi connectivity index (χ2v) is 3.91. The molecular weight excluding hydrogens is 164 g/mol. The molecule has 3 nitrogen and oxygen atoms in total. The predicted molar refractivity (Wildman–Crippen MR) is 53.1 cm³/mol. The van der Waals surface area contributed by atoms with Gasteiger partial charge in [0.25, 0.3) is 0 Å². The summed E-state index contributed by atoms with van der Waals surface area (Å²) in [5, 5.41) is 2.92. The van der Waals surface area contributed by atoms with E-state index in [2.05, 4.69) is 5.32 Å². The highest BCUT2D eigenvalue weighted by Crippen LogP contribution is 2.32. The fourth-order valence-electron chi connectivity index (χ4n) is 1.35. The summed E-state index contributed by atoms with van der Waals surface area (Å²) in [5.74, 6) is 0.613. The summed E-state index contributed by atoms with van der Waals surface area (Å²) in [7, 11) is 0. The smallest absolute Gasteiger partial charge is 0.244 e. The Morgan fingerprint density at radius 1 is 1.62 bits per heavy atom. The zero-order valence-electron chi connectivity index (χ0n) is 8.34. The number of rotatable bonds is 4. The van der Waals surface area contributed by atoms with Gasteiger partial charge in [-0.15, -0.1) is 0 Å². The molecule has 1 fully saturated rings. The molecule has 1 amide bonds. The lowest BCUT2D eigenvalue weighted by molar-refractivity contribution is -0.117. The van der Waals surface area contributed by atoms with Gasteiger partial charge in [-0.3, -0.25) is 4.79 Å². The van der Waals surface area contributed by atoms with Crippen molar-refractivity contribution in [2.24, 2.45) is 11.7 Å². The van der Waals surface area contributed by atoms with E-state index in [4.69, 9.17) is 5.73 Å². The number of nitrogens with one attached hydrogen (secondary N) is 1. The van der Waals surface area contributed by atoms with Gasteiger partial charge in [0.05, 0.1) is 0 Å².